The Morgan fingerprint density at radius 3 is 2.83 bits per heavy atom. The van der Waals surface area contributed by atoms with Crippen LogP contribution in [0.1, 0.15) is 22.5 Å². The summed E-state index contributed by atoms with van der Waals surface area (Å²) in [6.07, 6.45) is 1.06. The molecule has 1 fully saturated rings. The van der Waals surface area contributed by atoms with Crippen LogP contribution in [-0.4, -0.2) is 43.5 Å². The zero-order chi connectivity index (χ0) is 13.0. The molecule has 1 aromatic rings. The van der Waals surface area contributed by atoms with E-state index in [-0.39, 0.29) is 6.10 Å². The normalized spacial score (nSPS) is 22.1. The van der Waals surface area contributed by atoms with Gasteiger partial charge in [0, 0.05) is 17.3 Å². The molecule has 0 aromatic carbocycles. The smallest absolute Gasteiger partial charge is 0.0966 e. The third kappa shape index (κ3) is 3.51. The Bertz CT molecular complexity index is 356. The molecule has 1 saturated heterocycles. The van der Waals surface area contributed by atoms with Gasteiger partial charge in [0.1, 0.15) is 0 Å². The first-order chi connectivity index (χ1) is 8.70. The molecule has 1 aliphatic heterocycles. The van der Waals surface area contributed by atoms with E-state index >= 15 is 0 Å². The van der Waals surface area contributed by atoms with Crippen molar-refractivity contribution in [3.63, 3.8) is 0 Å². The summed E-state index contributed by atoms with van der Waals surface area (Å²) in [4.78, 5) is 5.92. The molecule has 2 rings (SSSR count). The summed E-state index contributed by atoms with van der Waals surface area (Å²) in [6, 6.07) is 0.292. The summed E-state index contributed by atoms with van der Waals surface area (Å²) in [6.45, 7) is 9.34. The van der Waals surface area contributed by atoms with Gasteiger partial charge in [-0.2, -0.15) is 0 Å². The minimum absolute atomic E-state index is 0.142. The van der Waals surface area contributed by atoms with Crippen molar-refractivity contribution in [2.24, 2.45) is 0 Å². The second kappa shape index (κ2) is 6.61. The highest BCUT2D eigenvalue weighted by molar-refractivity contribution is 7.11. The van der Waals surface area contributed by atoms with Gasteiger partial charge in [-0.1, -0.05) is 6.92 Å². The molecule has 0 spiro atoms. The molecular weight excluding hydrogens is 248 g/mol. The van der Waals surface area contributed by atoms with E-state index in [1.54, 1.807) is 11.3 Å². The van der Waals surface area contributed by atoms with E-state index in [1.807, 2.05) is 0 Å². The molecule has 0 aliphatic carbocycles. The first kappa shape index (κ1) is 13.9. The van der Waals surface area contributed by atoms with Crippen molar-refractivity contribution in [3.8, 4) is 0 Å². The maximum absolute atomic E-state index is 5.79. The third-order valence-corrected chi connectivity index (χ3v) is 4.32. The van der Waals surface area contributed by atoms with Crippen LogP contribution in [-0.2, 0) is 15.9 Å². The first-order valence-corrected chi connectivity index (χ1v) is 7.38. The van der Waals surface area contributed by atoms with E-state index in [9.17, 15) is 0 Å². The summed E-state index contributed by atoms with van der Waals surface area (Å²) < 4.78 is 11.3. The molecule has 18 heavy (non-hydrogen) atoms. The fourth-order valence-electron chi connectivity index (χ4n) is 2.15. The topological polar surface area (TPSA) is 43.4 Å². The molecule has 4 nitrogen and oxygen atoms in total. The van der Waals surface area contributed by atoms with E-state index in [2.05, 4.69) is 31.1 Å². The number of hydrogen-bond donors (Lipinski definition) is 1. The van der Waals surface area contributed by atoms with Gasteiger partial charge in [0.15, 0.2) is 0 Å². The Labute approximate surface area is 113 Å². The van der Waals surface area contributed by atoms with Gasteiger partial charge >= 0.3 is 0 Å². The highest BCUT2D eigenvalue weighted by atomic mass is 32.1. The second-order valence-corrected chi connectivity index (χ2v) is 5.89. The van der Waals surface area contributed by atoms with Crippen molar-refractivity contribution >= 4 is 11.3 Å². The predicted octanol–water partition coefficient (Wildman–Crippen LogP) is 1.70. The minimum Gasteiger partial charge on any atom is -0.376 e. The fourth-order valence-corrected chi connectivity index (χ4v) is 3.14. The third-order valence-electron chi connectivity index (χ3n) is 3.22. The average Bonchev–Trinajstić information content (AvgIpc) is 2.69. The van der Waals surface area contributed by atoms with Gasteiger partial charge in [0.2, 0.25) is 0 Å². The van der Waals surface area contributed by atoms with Gasteiger partial charge in [-0.3, -0.25) is 0 Å². The number of rotatable bonds is 5. The Hall–Kier alpha value is -0.490. The number of ether oxygens (including phenoxy) is 2. The summed E-state index contributed by atoms with van der Waals surface area (Å²) >= 11 is 1.79. The van der Waals surface area contributed by atoms with Crippen LogP contribution >= 0.6 is 11.3 Å². The van der Waals surface area contributed by atoms with E-state index in [1.165, 1.54) is 9.88 Å². The van der Waals surface area contributed by atoms with Gasteiger partial charge in [0.25, 0.3) is 0 Å². The minimum atomic E-state index is 0.142. The largest absolute Gasteiger partial charge is 0.376 e. The molecule has 0 radical (unpaired) electrons. The molecule has 2 heterocycles. The molecule has 102 valence electrons. The number of thiazole rings is 1. The van der Waals surface area contributed by atoms with Crippen molar-refractivity contribution in [3.05, 3.63) is 15.6 Å². The predicted molar refractivity (Wildman–Crippen MR) is 73.3 cm³/mol. The first-order valence-electron chi connectivity index (χ1n) is 6.56. The Morgan fingerprint density at radius 1 is 1.44 bits per heavy atom. The molecule has 0 bridgehead atoms. The number of aryl methyl sites for hydroxylation is 2. The van der Waals surface area contributed by atoms with Crippen molar-refractivity contribution in [2.45, 2.75) is 39.3 Å². The van der Waals surface area contributed by atoms with E-state index in [0.29, 0.717) is 25.9 Å². The van der Waals surface area contributed by atoms with Crippen molar-refractivity contribution < 1.29 is 9.47 Å². The highest BCUT2D eigenvalue weighted by Gasteiger charge is 2.25. The van der Waals surface area contributed by atoms with Crippen LogP contribution in [0.3, 0.4) is 0 Å². The standard InChI is InChI=1S/C13H22N2O2S/c1-4-14-11(12-8-16-5-6-17-12)7-13-15-9(2)10(3)18-13/h11-12,14H,4-8H2,1-3H3. The van der Waals surface area contributed by atoms with Crippen LogP contribution < -0.4 is 5.32 Å². The van der Waals surface area contributed by atoms with E-state index in [0.717, 1.165) is 18.7 Å². The van der Waals surface area contributed by atoms with Crippen LogP contribution in [0, 0.1) is 13.8 Å². The molecule has 1 N–H and O–H groups in total. The fraction of sp³-hybridized carbons (Fsp3) is 0.769. The number of nitrogens with one attached hydrogen (secondary N) is 1. The Morgan fingerprint density at radius 2 is 2.28 bits per heavy atom. The van der Waals surface area contributed by atoms with E-state index < -0.39 is 0 Å². The molecular formula is C13H22N2O2S. The van der Waals surface area contributed by atoms with Crippen molar-refractivity contribution in [1.82, 2.24) is 10.3 Å². The lowest BCUT2D eigenvalue weighted by atomic mass is 10.1. The molecule has 0 saturated carbocycles. The Balaban J connectivity index is 2.00. The lowest BCUT2D eigenvalue weighted by molar-refractivity contribution is -0.101. The molecule has 5 heteroatoms. The zero-order valence-corrected chi connectivity index (χ0v) is 12.2. The number of aromatic nitrogens is 1. The lowest BCUT2D eigenvalue weighted by Crippen LogP contribution is -2.47. The highest BCUT2D eigenvalue weighted by Crippen LogP contribution is 2.19. The van der Waals surface area contributed by atoms with Crippen LogP contribution in [0.5, 0.6) is 0 Å². The number of hydrogen-bond acceptors (Lipinski definition) is 5. The quantitative estimate of drug-likeness (QED) is 0.884. The van der Waals surface area contributed by atoms with Crippen molar-refractivity contribution in [2.75, 3.05) is 26.4 Å². The summed E-state index contributed by atoms with van der Waals surface area (Å²) in [5.41, 5.74) is 1.14. The van der Waals surface area contributed by atoms with Crippen molar-refractivity contribution in [1.29, 1.82) is 0 Å². The number of likely N-dealkylation sites (N-methyl/N-ethyl adjacent to an activating group) is 1. The lowest BCUT2D eigenvalue weighted by Gasteiger charge is -2.30. The van der Waals surface area contributed by atoms with E-state index in [4.69, 9.17) is 9.47 Å². The van der Waals surface area contributed by atoms with Gasteiger partial charge in [-0.05, 0) is 20.4 Å². The summed E-state index contributed by atoms with van der Waals surface area (Å²) in [5, 5.41) is 4.68. The summed E-state index contributed by atoms with van der Waals surface area (Å²) in [5.74, 6) is 0. The second-order valence-electron chi connectivity index (χ2n) is 4.60. The average molecular weight is 270 g/mol. The number of nitrogens with zero attached hydrogens (tertiary/aromatic N) is 1. The molecule has 0 amide bonds. The Kier molecular flexibility index (Phi) is 5.12. The zero-order valence-electron chi connectivity index (χ0n) is 11.4. The summed E-state index contributed by atoms with van der Waals surface area (Å²) in [7, 11) is 0. The van der Waals surface area contributed by atoms with Crippen LogP contribution in [0.15, 0.2) is 0 Å². The van der Waals surface area contributed by atoms with Crippen LogP contribution in [0.25, 0.3) is 0 Å². The molecule has 1 aliphatic rings. The molecule has 2 atom stereocenters. The maximum atomic E-state index is 5.79. The van der Waals surface area contributed by atoms with Gasteiger partial charge in [0.05, 0.1) is 36.6 Å². The van der Waals surface area contributed by atoms with Crippen LogP contribution in [0.4, 0.5) is 0 Å². The van der Waals surface area contributed by atoms with Gasteiger partial charge in [-0.15, -0.1) is 11.3 Å². The van der Waals surface area contributed by atoms with Crippen LogP contribution in [0.2, 0.25) is 0 Å². The molecule has 2 unspecified atom stereocenters. The monoisotopic (exact) mass is 270 g/mol. The SMILES string of the molecule is CCNC(Cc1nc(C)c(C)s1)C1COCCO1. The van der Waals surface area contributed by atoms with Gasteiger partial charge < -0.3 is 14.8 Å². The van der Waals surface area contributed by atoms with Gasteiger partial charge in [-0.25, -0.2) is 4.98 Å². The maximum Gasteiger partial charge on any atom is 0.0966 e. The molecule has 1 aromatic heterocycles.